The Bertz CT molecular complexity index is 800. The van der Waals surface area contributed by atoms with Crippen LogP contribution in [0.5, 0.6) is 11.5 Å². The lowest BCUT2D eigenvalue weighted by Crippen LogP contribution is -2.38. The average Bonchev–Trinajstić information content (AvgIpc) is 2.74. The van der Waals surface area contributed by atoms with Crippen LogP contribution in [0.15, 0.2) is 54.6 Å². The van der Waals surface area contributed by atoms with E-state index in [4.69, 9.17) is 9.47 Å². The van der Waals surface area contributed by atoms with Crippen LogP contribution in [-0.2, 0) is 0 Å². The molecule has 4 nitrogen and oxygen atoms in total. The van der Waals surface area contributed by atoms with Gasteiger partial charge in [-0.25, -0.2) is 0 Å². The van der Waals surface area contributed by atoms with E-state index >= 15 is 0 Å². The zero-order chi connectivity index (χ0) is 19.1. The number of hydrogen-bond donors (Lipinski definition) is 0. The van der Waals surface area contributed by atoms with Crippen molar-refractivity contribution in [3.8, 4) is 11.5 Å². The van der Waals surface area contributed by atoms with E-state index in [9.17, 15) is 4.79 Å². The van der Waals surface area contributed by atoms with E-state index in [2.05, 4.69) is 17.1 Å². The highest BCUT2D eigenvalue weighted by Gasteiger charge is 2.26. The molecular weight excluding hydrogens is 338 g/mol. The van der Waals surface area contributed by atoms with Gasteiger partial charge in [-0.2, -0.15) is 0 Å². The SMILES string of the molecule is COc1cccc(C(=O)C2CCCN(CC=Cc3ccccc3OC)C2)c1. The molecule has 1 atom stereocenters. The van der Waals surface area contributed by atoms with Crippen LogP contribution in [0.3, 0.4) is 0 Å². The Hall–Kier alpha value is -2.59. The van der Waals surface area contributed by atoms with E-state index in [1.807, 2.05) is 48.5 Å². The summed E-state index contributed by atoms with van der Waals surface area (Å²) in [5, 5.41) is 0. The first kappa shape index (κ1) is 19.2. The number of benzene rings is 2. The summed E-state index contributed by atoms with van der Waals surface area (Å²) in [6.45, 7) is 2.66. The second kappa shape index (κ2) is 9.38. The van der Waals surface area contributed by atoms with E-state index in [0.717, 1.165) is 55.1 Å². The maximum Gasteiger partial charge on any atom is 0.167 e. The summed E-state index contributed by atoms with van der Waals surface area (Å²) in [4.78, 5) is 15.2. The van der Waals surface area contributed by atoms with Crippen LogP contribution in [0.25, 0.3) is 6.08 Å². The number of nitrogens with zero attached hydrogens (tertiary/aromatic N) is 1. The third kappa shape index (κ3) is 4.98. The third-order valence-corrected chi connectivity index (χ3v) is 5.03. The molecule has 0 saturated carbocycles. The molecule has 0 aromatic heterocycles. The highest BCUT2D eigenvalue weighted by Crippen LogP contribution is 2.23. The van der Waals surface area contributed by atoms with Gasteiger partial charge < -0.3 is 9.47 Å². The van der Waals surface area contributed by atoms with Gasteiger partial charge in [0.2, 0.25) is 0 Å². The number of ketones is 1. The van der Waals surface area contributed by atoms with E-state index in [-0.39, 0.29) is 11.7 Å². The van der Waals surface area contributed by atoms with Crippen LogP contribution >= 0.6 is 0 Å². The lowest BCUT2D eigenvalue weighted by atomic mass is 9.90. The number of Topliss-reactive ketones (excluding diaryl/α,β-unsaturated/α-hetero) is 1. The van der Waals surface area contributed by atoms with Crippen LogP contribution in [0.2, 0.25) is 0 Å². The van der Waals surface area contributed by atoms with Crippen molar-refractivity contribution in [2.75, 3.05) is 33.9 Å². The van der Waals surface area contributed by atoms with Crippen molar-refractivity contribution in [2.45, 2.75) is 12.8 Å². The monoisotopic (exact) mass is 365 g/mol. The van der Waals surface area contributed by atoms with Gasteiger partial charge in [-0.05, 0) is 37.6 Å². The van der Waals surface area contributed by atoms with Crippen molar-refractivity contribution < 1.29 is 14.3 Å². The summed E-state index contributed by atoms with van der Waals surface area (Å²) in [6.07, 6.45) is 6.23. The van der Waals surface area contributed by atoms with Gasteiger partial charge in [0, 0.05) is 30.1 Å². The first-order valence-electron chi connectivity index (χ1n) is 9.41. The Labute approximate surface area is 161 Å². The Morgan fingerprint density at radius 1 is 1.15 bits per heavy atom. The van der Waals surface area contributed by atoms with Crippen molar-refractivity contribution in [1.29, 1.82) is 0 Å². The molecule has 1 aliphatic rings. The summed E-state index contributed by atoms with van der Waals surface area (Å²) in [6, 6.07) is 15.4. The van der Waals surface area contributed by atoms with E-state index in [1.54, 1.807) is 14.2 Å². The van der Waals surface area contributed by atoms with Gasteiger partial charge >= 0.3 is 0 Å². The lowest BCUT2D eigenvalue weighted by Gasteiger charge is -2.31. The standard InChI is InChI=1S/C23H27NO3/c1-26-21-12-5-9-19(16-21)23(25)20-11-7-15-24(17-20)14-6-10-18-8-3-4-13-22(18)27-2/h3-6,8-10,12-13,16,20H,7,11,14-15,17H2,1-2H3. The summed E-state index contributed by atoms with van der Waals surface area (Å²) in [5.74, 6) is 1.87. The van der Waals surface area contributed by atoms with Gasteiger partial charge in [0.25, 0.3) is 0 Å². The Morgan fingerprint density at radius 3 is 2.81 bits per heavy atom. The smallest absolute Gasteiger partial charge is 0.167 e. The highest BCUT2D eigenvalue weighted by atomic mass is 16.5. The molecule has 2 aromatic carbocycles. The normalized spacial score (nSPS) is 17.8. The molecule has 1 aliphatic heterocycles. The molecular formula is C23H27NO3. The number of likely N-dealkylation sites (tertiary alicyclic amines) is 1. The Kier molecular flexibility index (Phi) is 6.66. The van der Waals surface area contributed by atoms with E-state index in [0.29, 0.717) is 0 Å². The zero-order valence-corrected chi connectivity index (χ0v) is 16.1. The van der Waals surface area contributed by atoms with Crippen LogP contribution in [0, 0.1) is 5.92 Å². The summed E-state index contributed by atoms with van der Waals surface area (Å²) in [7, 11) is 3.31. The van der Waals surface area contributed by atoms with Gasteiger partial charge in [0.15, 0.2) is 5.78 Å². The van der Waals surface area contributed by atoms with Gasteiger partial charge in [0.05, 0.1) is 14.2 Å². The first-order chi connectivity index (χ1) is 13.2. The molecule has 0 radical (unpaired) electrons. The summed E-state index contributed by atoms with van der Waals surface area (Å²) < 4.78 is 10.6. The second-order valence-electron chi connectivity index (χ2n) is 6.84. The van der Waals surface area contributed by atoms with Gasteiger partial charge in [-0.1, -0.05) is 42.5 Å². The molecule has 0 bridgehead atoms. The molecule has 27 heavy (non-hydrogen) atoms. The summed E-state index contributed by atoms with van der Waals surface area (Å²) >= 11 is 0. The minimum Gasteiger partial charge on any atom is -0.497 e. The molecule has 2 aromatic rings. The van der Waals surface area contributed by atoms with Crippen LogP contribution in [0.1, 0.15) is 28.8 Å². The molecule has 0 N–H and O–H groups in total. The first-order valence-corrected chi connectivity index (χ1v) is 9.41. The molecule has 1 unspecified atom stereocenters. The van der Waals surface area contributed by atoms with E-state index < -0.39 is 0 Å². The van der Waals surface area contributed by atoms with E-state index in [1.165, 1.54) is 0 Å². The number of rotatable bonds is 7. The predicted octanol–water partition coefficient (Wildman–Crippen LogP) is 4.31. The number of ether oxygens (including phenoxy) is 2. The number of para-hydroxylation sites is 1. The van der Waals surface area contributed by atoms with Crippen molar-refractivity contribution in [3.05, 3.63) is 65.7 Å². The molecule has 4 heteroatoms. The number of methoxy groups -OCH3 is 2. The lowest BCUT2D eigenvalue weighted by molar-refractivity contribution is 0.0831. The number of hydrogen-bond acceptors (Lipinski definition) is 4. The molecule has 1 fully saturated rings. The molecule has 0 spiro atoms. The predicted molar refractivity (Wildman–Crippen MR) is 109 cm³/mol. The molecule has 142 valence electrons. The number of carbonyl (C=O) groups is 1. The van der Waals surface area contributed by atoms with Crippen LogP contribution in [0.4, 0.5) is 0 Å². The molecule has 1 heterocycles. The average molecular weight is 365 g/mol. The Morgan fingerprint density at radius 2 is 2.00 bits per heavy atom. The van der Waals surface area contributed by atoms with Crippen LogP contribution in [-0.4, -0.2) is 44.5 Å². The fraction of sp³-hybridized carbons (Fsp3) is 0.348. The van der Waals surface area contributed by atoms with Crippen molar-refractivity contribution in [1.82, 2.24) is 4.90 Å². The molecule has 3 rings (SSSR count). The zero-order valence-electron chi connectivity index (χ0n) is 16.1. The van der Waals surface area contributed by atoms with Gasteiger partial charge in [0.1, 0.15) is 11.5 Å². The number of carbonyl (C=O) groups excluding carboxylic acids is 1. The third-order valence-electron chi connectivity index (χ3n) is 5.03. The molecule has 0 aliphatic carbocycles. The Balaban J connectivity index is 1.60. The molecule has 0 amide bonds. The summed E-state index contributed by atoms with van der Waals surface area (Å²) in [5.41, 5.74) is 1.81. The fourth-order valence-corrected chi connectivity index (χ4v) is 3.58. The minimum absolute atomic E-state index is 0.0468. The topological polar surface area (TPSA) is 38.8 Å². The maximum absolute atomic E-state index is 12.9. The number of piperidine rings is 1. The minimum atomic E-state index is 0.0468. The van der Waals surface area contributed by atoms with Crippen LogP contribution < -0.4 is 9.47 Å². The van der Waals surface area contributed by atoms with Gasteiger partial charge in [-0.3, -0.25) is 9.69 Å². The van der Waals surface area contributed by atoms with Crippen molar-refractivity contribution in [3.63, 3.8) is 0 Å². The van der Waals surface area contributed by atoms with Gasteiger partial charge in [-0.15, -0.1) is 0 Å². The quantitative estimate of drug-likeness (QED) is 0.685. The second-order valence-corrected chi connectivity index (χ2v) is 6.84. The molecule has 1 saturated heterocycles. The fourth-order valence-electron chi connectivity index (χ4n) is 3.58. The highest BCUT2D eigenvalue weighted by molar-refractivity contribution is 5.98. The van der Waals surface area contributed by atoms with Crippen molar-refractivity contribution in [2.24, 2.45) is 5.92 Å². The van der Waals surface area contributed by atoms with Crippen molar-refractivity contribution >= 4 is 11.9 Å². The maximum atomic E-state index is 12.9. The largest absolute Gasteiger partial charge is 0.497 e.